The lowest BCUT2D eigenvalue weighted by Crippen LogP contribution is -2.27. The van der Waals surface area contributed by atoms with Gasteiger partial charge in [-0.15, -0.1) is 11.3 Å². The van der Waals surface area contributed by atoms with E-state index in [1.807, 2.05) is 6.92 Å². The predicted molar refractivity (Wildman–Crippen MR) is 121 cm³/mol. The van der Waals surface area contributed by atoms with E-state index in [-0.39, 0.29) is 11.5 Å². The van der Waals surface area contributed by atoms with Crippen molar-refractivity contribution in [2.75, 3.05) is 5.32 Å². The van der Waals surface area contributed by atoms with E-state index in [2.05, 4.69) is 17.4 Å². The minimum atomic E-state index is -0.441. The Morgan fingerprint density at radius 2 is 2.23 bits per heavy atom. The van der Waals surface area contributed by atoms with Gasteiger partial charge < -0.3 is 4.52 Å². The SMILES string of the molecule is CCCCCn1c(SC(C)C(=O)Nc2cc(C)no2)nc2sc3c(c2c1=O)CCC3. The first-order chi connectivity index (χ1) is 14.5. The van der Waals surface area contributed by atoms with Crippen LogP contribution in [0.3, 0.4) is 0 Å². The van der Waals surface area contributed by atoms with Crippen molar-refractivity contribution in [2.45, 2.75) is 76.2 Å². The smallest absolute Gasteiger partial charge is 0.263 e. The summed E-state index contributed by atoms with van der Waals surface area (Å²) < 4.78 is 6.85. The van der Waals surface area contributed by atoms with Gasteiger partial charge in [-0.1, -0.05) is 36.7 Å². The molecule has 1 amide bonds. The molecule has 4 rings (SSSR count). The van der Waals surface area contributed by atoms with Gasteiger partial charge >= 0.3 is 0 Å². The van der Waals surface area contributed by atoms with Crippen LogP contribution in [0.2, 0.25) is 0 Å². The summed E-state index contributed by atoms with van der Waals surface area (Å²) in [6.45, 7) is 6.37. The van der Waals surface area contributed by atoms with Crippen molar-refractivity contribution in [1.82, 2.24) is 14.7 Å². The molecule has 0 aromatic carbocycles. The Bertz CT molecular complexity index is 1130. The van der Waals surface area contributed by atoms with Gasteiger partial charge in [-0.05, 0) is 45.1 Å². The van der Waals surface area contributed by atoms with E-state index >= 15 is 0 Å². The highest BCUT2D eigenvalue weighted by Crippen LogP contribution is 2.36. The van der Waals surface area contributed by atoms with Crippen LogP contribution in [0.1, 0.15) is 55.7 Å². The van der Waals surface area contributed by atoms with Crippen molar-refractivity contribution in [1.29, 1.82) is 0 Å². The normalized spacial score (nSPS) is 14.2. The molecular weight excluding hydrogens is 420 g/mol. The van der Waals surface area contributed by atoms with Crippen molar-refractivity contribution in [3.8, 4) is 0 Å². The topological polar surface area (TPSA) is 90.0 Å². The Hall–Kier alpha value is -2.13. The van der Waals surface area contributed by atoms with Crippen LogP contribution >= 0.6 is 23.1 Å². The van der Waals surface area contributed by atoms with Gasteiger partial charge in [0.2, 0.25) is 11.8 Å². The third-order valence-electron chi connectivity index (χ3n) is 5.30. The van der Waals surface area contributed by atoms with Crippen LogP contribution in [0.5, 0.6) is 0 Å². The predicted octanol–water partition coefficient (Wildman–Crippen LogP) is 4.55. The molecule has 1 atom stereocenters. The first-order valence-electron chi connectivity index (χ1n) is 10.4. The molecule has 7 nitrogen and oxygen atoms in total. The number of carbonyl (C=O) groups is 1. The molecule has 1 N–H and O–H groups in total. The van der Waals surface area contributed by atoms with Crippen LogP contribution in [0.25, 0.3) is 10.2 Å². The molecule has 3 heterocycles. The third-order valence-corrected chi connectivity index (χ3v) is 7.58. The number of unbranched alkanes of at least 4 members (excludes halogenated alkanes) is 2. The number of carbonyl (C=O) groups excluding carboxylic acids is 1. The molecule has 0 radical (unpaired) electrons. The van der Waals surface area contributed by atoms with E-state index in [1.165, 1.54) is 22.2 Å². The van der Waals surface area contributed by atoms with Crippen LogP contribution in [0.15, 0.2) is 20.5 Å². The van der Waals surface area contributed by atoms with Gasteiger partial charge in [0.05, 0.1) is 16.3 Å². The van der Waals surface area contributed by atoms with Crippen LogP contribution in [0.4, 0.5) is 5.88 Å². The number of fused-ring (bicyclic) bond motifs is 3. The lowest BCUT2D eigenvalue weighted by molar-refractivity contribution is -0.115. The highest BCUT2D eigenvalue weighted by atomic mass is 32.2. The number of nitrogens with one attached hydrogen (secondary N) is 1. The molecular formula is C21H26N4O3S2. The van der Waals surface area contributed by atoms with Crippen molar-refractivity contribution >= 4 is 45.1 Å². The van der Waals surface area contributed by atoms with Crippen LogP contribution in [0, 0.1) is 6.92 Å². The van der Waals surface area contributed by atoms with Gasteiger partial charge in [0, 0.05) is 17.5 Å². The van der Waals surface area contributed by atoms with Gasteiger partial charge in [-0.2, -0.15) is 0 Å². The van der Waals surface area contributed by atoms with E-state index in [0.29, 0.717) is 23.3 Å². The molecule has 0 bridgehead atoms. The maximum absolute atomic E-state index is 13.4. The Balaban J connectivity index is 1.63. The lowest BCUT2D eigenvalue weighted by atomic mass is 10.2. The standard InChI is InChI=1S/C21H26N4O3S2/c1-4-5-6-10-25-20(27)17-14-8-7-9-15(14)30-19(17)23-21(25)29-13(3)18(26)22-16-11-12(2)24-28-16/h11,13H,4-10H2,1-3H3,(H,22,26). The van der Waals surface area contributed by atoms with Crippen molar-refractivity contribution in [3.63, 3.8) is 0 Å². The number of hydrogen-bond acceptors (Lipinski definition) is 7. The van der Waals surface area contributed by atoms with E-state index in [4.69, 9.17) is 9.51 Å². The Kier molecular flexibility index (Phi) is 6.29. The van der Waals surface area contributed by atoms with Gasteiger partial charge in [0.1, 0.15) is 4.83 Å². The summed E-state index contributed by atoms with van der Waals surface area (Å²) in [5.74, 6) is 0.114. The van der Waals surface area contributed by atoms with Gasteiger partial charge in [0.25, 0.3) is 5.56 Å². The number of rotatable bonds is 8. The Morgan fingerprint density at radius 3 is 2.97 bits per heavy atom. The number of nitrogens with zero attached hydrogens (tertiary/aromatic N) is 3. The number of aryl methyl sites for hydroxylation is 3. The summed E-state index contributed by atoms with van der Waals surface area (Å²) in [4.78, 5) is 33.0. The highest BCUT2D eigenvalue weighted by molar-refractivity contribution is 8.00. The van der Waals surface area contributed by atoms with E-state index in [9.17, 15) is 9.59 Å². The number of amides is 1. The van der Waals surface area contributed by atoms with Crippen molar-refractivity contribution < 1.29 is 9.32 Å². The molecule has 9 heteroatoms. The second-order valence-electron chi connectivity index (χ2n) is 7.68. The van der Waals surface area contributed by atoms with Gasteiger partial charge in [-0.3, -0.25) is 19.5 Å². The quantitative estimate of drug-likeness (QED) is 0.310. The average Bonchev–Trinajstić information content (AvgIpc) is 3.40. The molecule has 0 fully saturated rings. The number of thioether (sulfide) groups is 1. The van der Waals surface area contributed by atoms with Crippen LogP contribution in [-0.2, 0) is 24.2 Å². The fourth-order valence-electron chi connectivity index (χ4n) is 3.72. The summed E-state index contributed by atoms with van der Waals surface area (Å²) in [5, 5.41) is 7.49. The summed E-state index contributed by atoms with van der Waals surface area (Å²) in [6, 6.07) is 1.67. The fourth-order valence-corrected chi connectivity index (χ4v) is 5.96. The van der Waals surface area contributed by atoms with Crippen LogP contribution < -0.4 is 10.9 Å². The average molecular weight is 447 g/mol. The summed E-state index contributed by atoms with van der Waals surface area (Å²) in [5.41, 5.74) is 1.93. The van der Waals surface area contributed by atoms with Gasteiger partial charge in [0.15, 0.2) is 5.16 Å². The summed E-state index contributed by atoms with van der Waals surface area (Å²) in [6.07, 6.45) is 6.16. The monoisotopic (exact) mass is 446 g/mol. The molecule has 160 valence electrons. The first kappa shape index (κ1) is 21.1. The largest absolute Gasteiger partial charge is 0.338 e. The Labute approximate surface area is 183 Å². The summed E-state index contributed by atoms with van der Waals surface area (Å²) in [7, 11) is 0. The van der Waals surface area contributed by atoms with E-state index in [1.54, 1.807) is 28.9 Å². The number of hydrogen-bond donors (Lipinski definition) is 1. The molecule has 0 saturated carbocycles. The number of anilines is 1. The molecule has 0 aliphatic heterocycles. The Morgan fingerprint density at radius 1 is 1.40 bits per heavy atom. The molecule has 1 aliphatic rings. The number of thiophene rings is 1. The lowest BCUT2D eigenvalue weighted by Gasteiger charge is -2.15. The van der Waals surface area contributed by atoms with Crippen molar-refractivity contribution in [3.05, 3.63) is 32.6 Å². The minimum Gasteiger partial charge on any atom is -0.338 e. The maximum Gasteiger partial charge on any atom is 0.263 e. The first-order valence-corrected chi connectivity index (χ1v) is 12.1. The highest BCUT2D eigenvalue weighted by Gasteiger charge is 2.25. The fraction of sp³-hybridized carbons (Fsp3) is 0.524. The van der Waals surface area contributed by atoms with E-state index < -0.39 is 5.25 Å². The molecule has 0 spiro atoms. The molecule has 30 heavy (non-hydrogen) atoms. The molecule has 3 aromatic heterocycles. The van der Waals surface area contributed by atoms with E-state index in [0.717, 1.165) is 48.7 Å². The second kappa shape index (κ2) is 8.93. The number of aromatic nitrogens is 3. The van der Waals surface area contributed by atoms with Crippen molar-refractivity contribution in [2.24, 2.45) is 0 Å². The second-order valence-corrected chi connectivity index (χ2v) is 10.1. The molecule has 3 aromatic rings. The molecule has 1 aliphatic carbocycles. The third kappa shape index (κ3) is 4.18. The summed E-state index contributed by atoms with van der Waals surface area (Å²) >= 11 is 2.95. The van der Waals surface area contributed by atoms with Crippen LogP contribution in [-0.4, -0.2) is 25.9 Å². The maximum atomic E-state index is 13.4. The minimum absolute atomic E-state index is 0.0384. The zero-order valence-electron chi connectivity index (χ0n) is 17.5. The van der Waals surface area contributed by atoms with Gasteiger partial charge in [-0.25, -0.2) is 4.98 Å². The zero-order chi connectivity index (χ0) is 21.3. The zero-order valence-corrected chi connectivity index (χ0v) is 19.1. The molecule has 0 saturated heterocycles. The molecule has 1 unspecified atom stereocenters.